The van der Waals surface area contributed by atoms with Gasteiger partial charge in [0.05, 0.1) is 23.9 Å². The van der Waals surface area contributed by atoms with E-state index in [0.717, 1.165) is 17.7 Å². The van der Waals surface area contributed by atoms with Crippen molar-refractivity contribution in [3.05, 3.63) is 111 Å². The van der Waals surface area contributed by atoms with Crippen LogP contribution < -0.4 is 10.3 Å². The van der Waals surface area contributed by atoms with Crippen LogP contribution in [0, 0.1) is 11.3 Å². The molecule has 0 saturated heterocycles. The second-order valence-corrected chi connectivity index (χ2v) is 9.16. The van der Waals surface area contributed by atoms with E-state index in [9.17, 15) is 28.0 Å². The van der Waals surface area contributed by atoms with E-state index < -0.39 is 23.3 Å². The molecule has 3 aromatic carbocycles. The van der Waals surface area contributed by atoms with Crippen LogP contribution in [-0.2, 0) is 23.3 Å². The monoisotopic (exact) mass is 551 g/mol. The topological polar surface area (TPSA) is 105 Å². The van der Waals surface area contributed by atoms with Gasteiger partial charge in [-0.05, 0) is 59.7 Å². The summed E-state index contributed by atoms with van der Waals surface area (Å²) in [6.07, 6.45) is -4.40. The van der Waals surface area contributed by atoms with E-state index in [1.165, 1.54) is 31.0 Å². The Morgan fingerprint density at radius 3 is 2.23 bits per heavy atom. The molecule has 0 bridgehead atoms. The van der Waals surface area contributed by atoms with Crippen LogP contribution in [-0.4, -0.2) is 23.0 Å². The summed E-state index contributed by atoms with van der Waals surface area (Å²) in [7, 11) is 1.31. The molecule has 11 heteroatoms. The Balaban J connectivity index is 1.46. The number of aromatic amines is 1. The molecule has 4 aromatic rings. The molecule has 0 atom stereocenters. The average molecular weight is 552 g/mol. The van der Waals surface area contributed by atoms with Crippen LogP contribution in [0.1, 0.15) is 32.6 Å². The van der Waals surface area contributed by atoms with E-state index in [1.54, 1.807) is 48.5 Å². The van der Waals surface area contributed by atoms with Crippen LogP contribution >= 0.6 is 11.8 Å². The lowest BCUT2D eigenvalue weighted by Crippen LogP contribution is -2.14. The Kier molecular flexibility index (Phi) is 8.36. The summed E-state index contributed by atoms with van der Waals surface area (Å²) in [5.74, 6) is 0.465. The zero-order valence-electron chi connectivity index (χ0n) is 20.4. The van der Waals surface area contributed by atoms with E-state index in [4.69, 9.17) is 4.74 Å². The van der Waals surface area contributed by atoms with Crippen molar-refractivity contribution >= 4 is 17.7 Å². The number of carbonyl (C=O) groups excluding carboxylic acids is 1. The number of carbonyl (C=O) groups is 1. The van der Waals surface area contributed by atoms with Gasteiger partial charge in [0.15, 0.2) is 5.16 Å². The first-order valence-electron chi connectivity index (χ1n) is 11.4. The predicted octanol–water partition coefficient (Wildman–Crippen LogP) is 5.99. The first-order chi connectivity index (χ1) is 18.7. The molecular formula is C28H20F3N3O4S. The summed E-state index contributed by atoms with van der Waals surface area (Å²) in [6.45, 7) is 0.0611. The molecule has 0 fully saturated rings. The van der Waals surface area contributed by atoms with Crippen molar-refractivity contribution in [2.75, 3.05) is 7.11 Å². The SMILES string of the molecule is COC(=O)c1ccc(CSc2nc(-c3ccc(OCc4ccc(C(F)(F)F)cc4)cc3)c(C#N)c(=O)[nH]2)cc1. The van der Waals surface area contributed by atoms with E-state index >= 15 is 0 Å². The van der Waals surface area contributed by atoms with Gasteiger partial charge in [-0.1, -0.05) is 36.0 Å². The zero-order chi connectivity index (χ0) is 28.0. The number of halogens is 3. The van der Waals surface area contributed by atoms with Crippen LogP contribution in [0.25, 0.3) is 11.3 Å². The molecule has 1 N–H and O–H groups in total. The maximum Gasteiger partial charge on any atom is 0.416 e. The minimum absolute atomic E-state index is 0.0611. The number of alkyl halides is 3. The Labute approximate surface area is 225 Å². The van der Waals surface area contributed by atoms with Gasteiger partial charge in [0.1, 0.15) is 24.0 Å². The van der Waals surface area contributed by atoms with Gasteiger partial charge in [-0.15, -0.1) is 0 Å². The smallest absolute Gasteiger partial charge is 0.416 e. The lowest BCUT2D eigenvalue weighted by atomic mass is 10.1. The fraction of sp³-hybridized carbons (Fsp3) is 0.143. The Hall–Kier alpha value is -4.56. The summed E-state index contributed by atoms with van der Waals surface area (Å²) < 4.78 is 48.5. The molecule has 0 spiro atoms. The summed E-state index contributed by atoms with van der Waals surface area (Å²) in [4.78, 5) is 31.2. The first-order valence-corrected chi connectivity index (χ1v) is 12.4. The molecule has 39 heavy (non-hydrogen) atoms. The number of hydrogen-bond acceptors (Lipinski definition) is 7. The molecule has 4 rings (SSSR count). The van der Waals surface area contributed by atoms with Gasteiger partial charge in [-0.3, -0.25) is 4.79 Å². The summed E-state index contributed by atoms with van der Waals surface area (Å²) in [5.41, 5.74) is 1.15. The van der Waals surface area contributed by atoms with Crippen LogP contribution in [0.2, 0.25) is 0 Å². The van der Waals surface area contributed by atoms with Crippen molar-refractivity contribution in [2.24, 2.45) is 0 Å². The van der Waals surface area contributed by atoms with Crippen LogP contribution in [0.3, 0.4) is 0 Å². The van der Waals surface area contributed by atoms with Gasteiger partial charge in [-0.2, -0.15) is 18.4 Å². The Bertz CT molecular complexity index is 1560. The molecule has 0 saturated carbocycles. The molecule has 1 aromatic heterocycles. The number of methoxy groups -OCH3 is 1. The molecule has 0 amide bonds. The number of nitriles is 1. The molecule has 1 heterocycles. The third-order valence-electron chi connectivity index (χ3n) is 5.57. The zero-order valence-corrected chi connectivity index (χ0v) is 21.2. The fourth-order valence-electron chi connectivity index (χ4n) is 3.51. The van der Waals surface area contributed by atoms with E-state index in [0.29, 0.717) is 33.3 Å². The number of H-pyrrole nitrogens is 1. The van der Waals surface area contributed by atoms with Gasteiger partial charge in [0, 0.05) is 11.3 Å². The number of benzene rings is 3. The third kappa shape index (κ3) is 6.86. The average Bonchev–Trinajstić information content (AvgIpc) is 2.94. The highest BCUT2D eigenvalue weighted by atomic mass is 32.2. The number of nitrogens with one attached hydrogen (secondary N) is 1. The van der Waals surface area contributed by atoms with Crippen LogP contribution in [0.5, 0.6) is 5.75 Å². The summed E-state index contributed by atoms with van der Waals surface area (Å²) >= 11 is 1.26. The molecule has 0 aliphatic carbocycles. The van der Waals surface area contributed by atoms with Crippen LogP contribution in [0.4, 0.5) is 13.2 Å². The fourth-order valence-corrected chi connectivity index (χ4v) is 4.32. The van der Waals surface area contributed by atoms with Crippen molar-refractivity contribution in [1.29, 1.82) is 5.26 Å². The lowest BCUT2D eigenvalue weighted by Gasteiger charge is -2.10. The second-order valence-electron chi connectivity index (χ2n) is 8.19. The highest BCUT2D eigenvalue weighted by Gasteiger charge is 2.29. The minimum atomic E-state index is -4.40. The molecule has 198 valence electrons. The Morgan fingerprint density at radius 2 is 1.64 bits per heavy atom. The maximum absolute atomic E-state index is 12.7. The van der Waals surface area contributed by atoms with Crippen molar-refractivity contribution in [3.8, 4) is 23.1 Å². The quantitative estimate of drug-likeness (QED) is 0.163. The number of ether oxygens (including phenoxy) is 2. The standard InChI is InChI=1S/C28H20F3N3O4S/c1-37-26(36)20-6-2-18(3-7-20)16-39-27-33-24(23(14-32)25(35)34-27)19-8-12-22(13-9-19)38-15-17-4-10-21(11-5-17)28(29,30)31/h2-13H,15-16H2,1H3,(H,33,34,35). The molecule has 0 unspecified atom stereocenters. The third-order valence-corrected chi connectivity index (χ3v) is 6.52. The Morgan fingerprint density at radius 1 is 1.00 bits per heavy atom. The van der Waals surface area contributed by atoms with E-state index in [1.807, 2.05) is 6.07 Å². The molecule has 0 aliphatic rings. The van der Waals surface area contributed by atoms with Gasteiger partial charge >= 0.3 is 12.1 Å². The van der Waals surface area contributed by atoms with Crippen molar-refractivity contribution < 1.29 is 27.4 Å². The van der Waals surface area contributed by atoms with Gasteiger partial charge < -0.3 is 14.5 Å². The normalized spacial score (nSPS) is 11.1. The largest absolute Gasteiger partial charge is 0.489 e. The highest BCUT2D eigenvalue weighted by Crippen LogP contribution is 2.30. The second kappa shape index (κ2) is 11.9. The summed E-state index contributed by atoms with van der Waals surface area (Å²) in [6, 6.07) is 19.9. The molecule has 0 radical (unpaired) electrons. The molecular weight excluding hydrogens is 531 g/mol. The van der Waals surface area contributed by atoms with E-state index in [-0.39, 0.29) is 17.9 Å². The van der Waals surface area contributed by atoms with Crippen molar-refractivity contribution in [2.45, 2.75) is 23.7 Å². The first kappa shape index (κ1) is 27.5. The number of hydrogen-bond donors (Lipinski definition) is 1. The maximum atomic E-state index is 12.7. The van der Waals surface area contributed by atoms with Crippen molar-refractivity contribution in [3.63, 3.8) is 0 Å². The number of aromatic nitrogens is 2. The minimum Gasteiger partial charge on any atom is -0.489 e. The number of nitrogens with zero attached hydrogens (tertiary/aromatic N) is 2. The number of esters is 1. The molecule has 7 nitrogen and oxygen atoms in total. The number of rotatable bonds is 8. The van der Waals surface area contributed by atoms with Crippen LogP contribution in [0.15, 0.2) is 82.7 Å². The van der Waals surface area contributed by atoms with Crippen molar-refractivity contribution in [1.82, 2.24) is 9.97 Å². The van der Waals surface area contributed by atoms with E-state index in [2.05, 4.69) is 14.7 Å². The summed E-state index contributed by atoms with van der Waals surface area (Å²) in [5, 5.41) is 9.85. The predicted molar refractivity (Wildman–Crippen MR) is 138 cm³/mol. The molecule has 0 aliphatic heterocycles. The van der Waals surface area contributed by atoms with Gasteiger partial charge in [0.25, 0.3) is 5.56 Å². The lowest BCUT2D eigenvalue weighted by molar-refractivity contribution is -0.137. The highest BCUT2D eigenvalue weighted by molar-refractivity contribution is 7.98. The number of thioether (sulfide) groups is 1. The van der Waals surface area contributed by atoms with Gasteiger partial charge in [0.2, 0.25) is 0 Å². The van der Waals surface area contributed by atoms with Gasteiger partial charge in [-0.25, -0.2) is 9.78 Å².